The fraction of sp³-hybridized carbons (Fsp3) is 0.409. The van der Waals surface area contributed by atoms with Gasteiger partial charge in [0.25, 0.3) is 0 Å². The van der Waals surface area contributed by atoms with Crippen LogP contribution in [-0.4, -0.2) is 46.4 Å². The number of sulfonamides is 1. The van der Waals surface area contributed by atoms with Gasteiger partial charge in [-0.2, -0.15) is 0 Å². The zero-order valence-corrected chi connectivity index (χ0v) is 19.6. The number of amides is 1. The first-order valence-electron chi connectivity index (χ1n) is 10.0. The molecule has 31 heavy (non-hydrogen) atoms. The van der Waals surface area contributed by atoms with Crippen LogP contribution in [0, 0.1) is 0 Å². The Hall–Kier alpha value is -2.45. The smallest absolute Gasteiger partial charge is 0.232 e. The van der Waals surface area contributed by atoms with E-state index in [0.717, 1.165) is 6.26 Å². The number of nitrogens with zero attached hydrogens (tertiary/aromatic N) is 1. The van der Waals surface area contributed by atoms with Crippen molar-refractivity contribution in [3.05, 3.63) is 53.6 Å². The first kappa shape index (κ1) is 24.8. The fourth-order valence-corrected chi connectivity index (χ4v) is 3.90. The molecule has 1 amide bonds. The molecule has 0 radical (unpaired) electrons. The van der Waals surface area contributed by atoms with Crippen LogP contribution in [0.4, 0.5) is 5.69 Å². The number of rotatable bonds is 12. The van der Waals surface area contributed by atoms with E-state index in [2.05, 4.69) is 5.32 Å². The van der Waals surface area contributed by atoms with E-state index in [-0.39, 0.29) is 25.0 Å². The minimum absolute atomic E-state index is 0.0342. The standard InChI is InChI=1S/C22H29ClN2O5S/c1-17(2)30-21-12-8-19(9-13-21)25(31(3,27)28)15-4-5-22(26)24-14-16-29-20-10-6-18(23)7-11-20/h6-13,17H,4-5,14-16H2,1-3H3,(H,24,26). The highest BCUT2D eigenvalue weighted by Crippen LogP contribution is 2.23. The second kappa shape index (κ2) is 11.8. The first-order chi connectivity index (χ1) is 14.6. The van der Waals surface area contributed by atoms with Crippen molar-refractivity contribution in [3.63, 3.8) is 0 Å². The Morgan fingerprint density at radius 3 is 2.26 bits per heavy atom. The van der Waals surface area contributed by atoms with Crippen LogP contribution in [0.2, 0.25) is 5.02 Å². The monoisotopic (exact) mass is 468 g/mol. The van der Waals surface area contributed by atoms with Gasteiger partial charge in [-0.25, -0.2) is 8.42 Å². The predicted molar refractivity (Wildman–Crippen MR) is 124 cm³/mol. The molecule has 0 saturated heterocycles. The third-order valence-electron chi connectivity index (χ3n) is 4.17. The molecular weight excluding hydrogens is 440 g/mol. The summed E-state index contributed by atoms with van der Waals surface area (Å²) < 4.78 is 36.8. The first-order valence-corrected chi connectivity index (χ1v) is 12.3. The maximum absolute atomic E-state index is 12.2. The lowest BCUT2D eigenvalue weighted by molar-refractivity contribution is -0.121. The highest BCUT2D eigenvalue weighted by Gasteiger charge is 2.17. The van der Waals surface area contributed by atoms with Crippen LogP contribution in [0.5, 0.6) is 11.5 Å². The van der Waals surface area contributed by atoms with Crippen LogP contribution in [0.3, 0.4) is 0 Å². The van der Waals surface area contributed by atoms with Gasteiger partial charge in [-0.05, 0) is 68.8 Å². The summed E-state index contributed by atoms with van der Waals surface area (Å²) in [6.45, 7) is 4.73. The van der Waals surface area contributed by atoms with Gasteiger partial charge in [-0.3, -0.25) is 9.10 Å². The number of ether oxygens (including phenoxy) is 2. The normalized spacial score (nSPS) is 11.3. The van der Waals surface area contributed by atoms with Gasteiger partial charge in [0.05, 0.1) is 24.6 Å². The lowest BCUT2D eigenvalue weighted by Gasteiger charge is -2.22. The molecule has 2 aromatic rings. The van der Waals surface area contributed by atoms with E-state index >= 15 is 0 Å². The van der Waals surface area contributed by atoms with Crippen LogP contribution < -0.4 is 19.1 Å². The van der Waals surface area contributed by atoms with Crippen LogP contribution in [0.15, 0.2) is 48.5 Å². The van der Waals surface area contributed by atoms with Gasteiger partial charge in [0.2, 0.25) is 15.9 Å². The minimum atomic E-state index is -3.48. The van der Waals surface area contributed by atoms with Gasteiger partial charge in [0, 0.05) is 18.0 Å². The van der Waals surface area contributed by atoms with Gasteiger partial charge in [-0.15, -0.1) is 0 Å². The number of hydrogen-bond donors (Lipinski definition) is 1. The summed E-state index contributed by atoms with van der Waals surface area (Å²) in [7, 11) is -3.48. The Morgan fingerprint density at radius 2 is 1.68 bits per heavy atom. The minimum Gasteiger partial charge on any atom is -0.492 e. The van der Waals surface area contributed by atoms with Crippen LogP contribution >= 0.6 is 11.6 Å². The van der Waals surface area contributed by atoms with Gasteiger partial charge < -0.3 is 14.8 Å². The molecule has 0 fully saturated rings. The number of carbonyl (C=O) groups excluding carboxylic acids is 1. The topological polar surface area (TPSA) is 84.9 Å². The van der Waals surface area contributed by atoms with Crippen molar-refractivity contribution in [1.29, 1.82) is 0 Å². The summed E-state index contributed by atoms with van der Waals surface area (Å²) in [5.41, 5.74) is 0.537. The van der Waals surface area contributed by atoms with E-state index in [0.29, 0.717) is 41.8 Å². The molecule has 0 aliphatic rings. The molecule has 0 bridgehead atoms. The molecule has 0 unspecified atom stereocenters. The Kier molecular flexibility index (Phi) is 9.45. The van der Waals surface area contributed by atoms with E-state index in [1.165, 1.54) is 4.31 Å². The third kappa shape index (κ3) is 9.06. The average Bonchev–Trinajstić information content (AvgIpc) is 2.69. The highest BCUT2D eigenvalue weighted by molar-refractivity contribution is 7.92. The number of halogens is 1. The van der Waals surface area contributed by atoms with E-state index in [4.69, 9.17) is 21.1 Å². The molecule has 0 atom stereocenters. The molecule has 0 heterocycles. The van der Waals surface area contributed by atoms with Gasteiger partial charge in [-0.1, -0.05) is 11.6 Å². The van der Waals surface area contributed by atoms with Crippen LogP contribution in [0.25, 0.3) is 0 Å². The molecule has 0 aliphatic carbocycles. The number of hydrogen-bond acceptors (Lipinski definition) is 5. The lowest BCUT2D eigenvalue weighted by Crippen LogP contribution is -2.32. The summed E-state index contributed by atoms with van der Waals surface area (Å²) in [6, 6.07) is 13.8. The van der Waals surface area contributed by atoms with Crippen molar-refractivity contribution in [2.24, 2.45) is 0 Å². The Labute approximate surface area is 189 Å². The van der Waals surface area contributed by atoms with Crippen LogP contribution in [0.1, 0.15) is 26.7 Å². The summed E-state index contributed by atoms with van der Waals surface area (Å²) >= 11 is 5.82. The second-order valence-electron chi connectivity index (χ2n) is 7.25. The number of anilines is 1. The summed E-state index contributed by atoms with van der Waals surface area (Å²) in [4.78, 5) is 12.0. The number of carbonyl (C=O) groups is 1. The Morgan fingerprint density at radius 1 is 1.06 bits per heavy atom. The van der Waals surface area contributed by atoms with Gasteiger partial charge in [0.1, 0.15) is 18.1 Å². The molecule has 0 saturated carbocycles. The van der Waals surface area contributed by atoms with Crippen molar-refractivity contribution in [2.75, 3.05) is 30.3 Å². The molecule has 2 aromatic carbocycles. The second-order valence-corrected chi connectivity index (χ2v) is 9.59. The van der Waals surface area contributed by atoms with E-state index in [9.17, 15) is 13.2 Å². The molecule has 0 aliphatic heterocycles. The predicted octanol–water partition coefficient (Wildman–Crippen LogP) is 3.87. The Bertz CT molecular complexity index is 931. The van der Waals surface area contributed by atoms with Crippen molar-refractivity contribution in [3.8, 4) is 11.5 Å². The van der Waals surface area contributed by atoms with E-state index in [1.54, 1.807) is 48.5 Å². The highest BCUT2D eigenvalue weighted by atomic mass is 35.5. The van der Waals surface area contributed by atoms with Crippen LogP contribution in [-0.2, 0) is 14.8 Å². The zero-order valence-electron chi connectivity index (χ0n) is 18.0. The Balaban J connectivity index is 1.77. The largest absolute Gasteiger partial charge is 0.492 e. The van der Waals surface area contributed by atoms with Gasteiger partial charge in [0.15, 0.2) is 0 Å². The molecule has 7 nitrogen and oxygen atoms in total. The summed E-state index contributed by atoms with van der Waals surface area (Å²) in [6.07, 6.45) is 1.79. The van der Waals surface area contributed by atoms with Crippen molar-refractivity contribution < 1.29 is 22.7 Å². The average molecular weight is 469 g/mol. The van der Waals surface area contributed by atoms with Crippen molar-refractivity contribution in [1.82, 2.24) is 5.32 Å². The molecule has 2 rings (SSSR count). The number of benzene rings is 2. The van der Waals surface area contributed by atoms with Crippen molar-refractivity contribution in [2.45, 2.75) is 32.8 Å². The lowest BCUT2D eigenvalue weighted by atomic mass is 10.2. The summed E-state index contributed by atoms with van der Waals surface area (Å²) in [5, 5.41) is 3.40. The fourth-order valence-electron chi connectivity index (χ4n) is 2.81. The quantitative estimate of drug-likeness (QED) is 0.478. The molecular formula is C22H29ClN2O5S. The maximum Gasteiger partial charge on any atom is 0.232 e. The molecule has 1 N–H and O–H groups in total. The van der Waals surface area contributed by atoms with Crippen molar-refractivity contribution >= 4 is 33.2 Å². The SMILES string of the molecule is CC(C)Oc1ccc(N(CCCC(=O)NCCOc2ccc(Cl)cc2)S(C)(=O)=O)cc1. The number of nitrogens with one attached hydrogen (secondary N) is 1. The molecule has 9 heteroatoms. The van der Waals surface area contributed by atoms with Gasteiger partial charge >= 0.3 is 0 Å². The maximum atomic E-state index is 12.2. The summed E-state index contributed by atoms with van der Waals surface area (Å²) in [5.74, 6) is 1.19. The van der Waals surface area contributed by atoms with E-state index < -0.39 is 10.0 Å². The molecule has 170 valence electrons. The molecule has 0 aromatic heterocycles. The zero-order chi connectivity index (χ0) is 22.9. The van der Waals surface area contributed by atoms with E-state index in [1.807, 2.05) is 13.8 Å². The molecule has 0 spiro atoms. The third-order valence-corrected chi connectivity index (χ3v) is 5.61.